The van der Waals surface area contributed by atoms with Crippen molar-refractivity contribution in [2.45, 2.75) is 58.4 Å². The van der Waals surface area contributed by atoms with Crippen LogP contribution < -0.4 is 10.5 Å². The molecule has 11 nitrogen and oxygen atoms in total. The molecule has 1 amide bonds. The van der Waals surface area contributed by atoms with Crippen LogP contribution in [0.4, 0.5) is 10.6 Å². The van der Waals surface area contributed by atoms with Gasteiger partial charge in [0.15, 0.2) is 5.82 Å². The average Bonchev–Trinajstić information content (AvgIpc) is 3.48. The van der Waals surface area contributed by atoms with Crippen molar-refractivity contribution in [3.63, 3.8) is 0 Å². The highest BCUT2D eigenvalue weighted by Crippen LogP contribution is 2.37. The number of rotatable bonds is 6. The summed E-state index contributed by atoms with van der Waals surface area (Å²) in [4.78, 5) is 39.5. The van der Waals surface area contributed by atoms with E-state index in [1.807, 2.05) is 69.6 Å². The Bertz CT molecular complexity index is 1970. The van der Waals surface area contributed by atoms with Crippen LogP contribution in [0.5, 0.6) is 0 Å². The molecule has 0 unspecified atom stereocenters. The predicted octanol–water partition coefficient (Wildman–Crippen LogP) is 5.43. The number of carbonyl (C=O) groups excluding carboxylic acids is 1. The molecule has 1 fully saturated rings. The molecular formula is C36H41N7O4. The molecule has 1 aliphatic heterocycles. The molecule has 5 aromatic rings. The van der Waals surface area contributed by atoms with Gasteiger partial charge in [-0.05, 0) is 69.5 Å². The second-order valence-electron chi connectivity index (χ2n) is 13.8. The quantitative estimate of drug-likeness (QED) is 0.263. The normalized spacial score (nSPS) is 15.7. The Hall–Kier alpha value is -5.03. The number of hydrogen-bond donors (Lipinski definition) is 1. The Balaban J connectivity index is 1.49. The maximum Gasteiger partial charge on any atom is 0.410 e. The molecule has 0 spiro atoms. The van der Waals surface area contributed by atoms with Gasteiger partial charge in [0.2, 0.25) is 5.56 Å². The lowest BCUT2D eigenvalue weighted by molar-refractivity contribution is 0.0213. The van der Waals surface area contributed by atoms with E-state index < -0.39 is 11.2 Å². The Morgan fingerprint density at radius 1 is 0.936 bits per heavy atom. The molecule has 6 rings (SSSR count). The standard InChI is InChI=1S/C36H41N7O4/c1-35(2,3)47-34(45)41-16-17-43(30(22-41)24-10-8-7-9-11-24)33-28-18-25(26-13-15-31(44)40(6)20-26)12-14-29(28)38-32(39-33)27-19-37-42(21-27)23-36(4,5)46/h7-15,18-21,30,46H,16-17,22-23H2,1-6H3/t30-/m1/s1. The zero-order chi connectivity index (χ0) is 33.5. The molecule has 1 aliphatic rings. The third kappa shape index (κ3) is 7.20. The fourth-order valence-electron chi connectivity index (χ4n) is 5.86. The molecule has 3 aromatic heterocycles. The number of benzene rings is 2. The number of carbonyl (C=O) groups is 1. The SMILES string of the molecule is Cn1cc(-c2ccc3nc(-c4cnn(CC(C)(C)O)c4)nc(N4CCN(C(=O)OC(C)(C)C)C[C@@H]4c4ccccc4)c3c2)ccc1=O. The number of ether oxygens (including phenoxy) is 1. The molecule has 1 saturated heterocycles. The second kappa shape index (κ2) is 12.3. The number of nitrogens with zero attached hydrogens (tertiary/aromatic N) is 7. The fraction of sp³-hybridized carbons (Fsp3) is 0.361. The summed E-state index contributed by atoms with van der Waals surface area (Å²) in [6.07, 6.45) is 5.03. The third-order valence-electron chi connectivity index (χ3n) is 8.02. The molecule has 0 aliphatic carbocycles. The Kier molecular flexibility index (Phi) is 8.35. The molecule has 2 aromatic carbocycles. The smallest absolute Gasteiger partial charge is 0.410 e. The topological polar surface area (TPSA) is 119 Å². The summed E-state index contributed by atoms with van der Waals surface area (Å²) < 4.78 is 9.01. The third-order valence-corrected chi connectivity index (χ3v) is 8.02. The monoisotopic (exact) mass is 635 g/mol. The zero-order valence-corrected chi connectivity index (χ0v) is 27.7. The van der Waals surface area contributed by atoms with Gasteiger partial charge >= 0.3 is 6.09 Å². The van der Waals surface area contributed by atoms with Gasteiger partial charge in [0.05, 0.1) is 35.5 Å². The first kappa shape index (κ1) is 31.9. The van der Waals surface area contributed by atoms with Gasteiger partial charge in [-0.15, -0.1) is 0 Å². The molecule has 1 atom stereocenters. The number of fused-ring (bicyclic) bond motifs is 1. The molecular weight excluding hydrogens is 594 g/mol. The van der Waals surface area contributed by atoms with E-state index >= 15 is 0 Å². The van der Waals surface area contributed by atoms with E-state index in [4.69, 9.17) is 14.7 Å². The minimum Gasteiger partial charge on any atom is -0.444 e. The van der Waals surface area contributed by atoms with Gasteiger partial charge < -0.3 is 24.2 Å². The Morgan fingerprint density at radius 2 is 1.68 bits per heavy atom. The van der Waals surface area contributed by atoms with Crippen molar-refractivity contribution in [2.75, 3.05) is 24.5 Å². The van der Waals surface area contributed by atoms with Crippen LogP contribution in [0.25, 0.3) is 33.4 Å². The number of aryl methyl sites for hydroxylation is 1. The number of pyridine rings is 1. The Morgan fingerprint density at radius 3 is 2.38 bits per heavy atom. The van der Waals surface area contributed by atoms with Crippen molar-refractivity contribution in [1.29, 1.82) is 0 Å². The van der Waals surface area contributed by atoms with Crippen LogP contribution in [-0.4, -0.2) is 71.3 Å². The first-order valence-electron chi connectivity index (χ1n) is 15.8. The highest BCUT2D eigenvalue weighted by molar-refractivity contribution is 5.94. The molecule has 4 heterocycles. The maximum absolute atomic E-state index is 13.2. The van der Waals surface area contributed by atoms with E-state index in [1.54, 1.807) is 47.3 Å². The summed E-state index contributed by atoms with van der Waals surface area (Å²) >= 11 is 0. The van der Waals surface area contributed by atoms with E-state index in [-0.39, 0.29) is 17.7 Å². The molecule has 1 N–H and O–H groups in total. The number of anilines is 1. The lowest BCUT2D eigenvalue weighted by Crippen LogP contribution is -2.52. The highest BCUT2D eigenvalue weighted by Gasteiger charge is 2.35. The van der Waals surface area contributed by atoms with Crippen LogP contribution >= 0.6 is 0 Å². The molecule has 0 saturated carbocycles. The van der Waals surface area contributed by atoms with Crippen LogP contribution in [-0.2, 0) is 18.3 Å². The maximum atomic E-state index is 13.2. The van der Waals surface area contributed by atoms with Gasteiger partial charge in [-0.1, -0.05) is 36.4 Å². The largest absolute Gasteiger partial charge is 0.444 e. The van der Waals surface area contributed by atoms with Gasteiger partial charge in [-0.25, -0.2) is 14.8 Å². The van der Waals surface area contributed by atoms with E-state index in [0.29, 0.717) is 32.0 Å². The molecule has 47 heavy (non-hydrogen) atoms. The van der Waals surface area contributed by atoms with Crippen LogP contribution in [0.1, 0.15) is 46.2 Å². The zero-order valence-electron chi connectivity index (χ0n) is 27.7. The van der Waals surface area contributed by atoms with Crippen LogP contribution in [0.15, 0.2) is 84.0 Å². The first-order chi connectivity index (χ1) is 22.2. The number of piperazine rings is 1. The number of amides is 1. The summed E-state index contributed by atoms with van der Waals surface area (Å²) in [6, 6.07) is 19.3. The van der Waals surface area contributed by atoms with Crippen molar-refractivity contribution in [3.8, 4) is 22.5 Å². The van der Waals surface area contributed by atoms with E-state index in [9.17, 15) is 14.7 Å². The van der Waals surface area contributed by atoms with Crippen molar-refractivity contribution < 1.29 is 14.6 Å². The lowest BCUT2D eigenvalue weighted by Gasteiger charge is -2.43. The van der Waals surface area contributed by atoms with Crippen LogP contribution in [0, 0.1) is 0 Å². The van der Waals surface area contributed by atoms with Gasteiger partial charge in [0, 0.05) is 50.5 Å². The van der Waals surface area contributed by atoms with Crippen LogP contribution in [0.2, 0.25) is 0 Å². The van der Waals surface area contributed by atoms with Crippen molar-refractivity contribution >= 4 is 22.8 Å². The second-order valence-corrected chi connectivity index (χ2v) is 13.8. The number of aliphatic hydroxyl groups is 1. The Labute approximate surface area is 274 Å². The number of hydrogen-bond acceptors (Lipinski definition) is 8. The van der Waals surface area contributed by atoms with E-state index in [2.05, 4.69) is 28.2 Å². The summed E-state index contributed by atoms with van der Waals surface area (Å²) in [5.41, 5.74) is 2.70. The fourth-order valence-corrected chi connectivity index (χ4v) is 5.86. The summed E-state index contributed by atoms with van der Waals surface area (Å²) in [7, 11) is 1.74. The summed E-state index contributed by atoms with van der Waals surface area (Å²) in [6.45, 7) is 10.8. The molecule has 0 bridgehead atoms. The average molecular weight is 636 g/mol. The predicted molar refractivity (Wildman–Crippen MR) is 182 cm³/mol. The summed E-state index contributed by atoms with van der Waals surface area (Å²) in [5.74, 6) is 1.23. The van der Waals surface area contributed by atoms with Gasteiger partial charge in [0.25, 0.3) is 0 Å². The van der Waals surface area contributed by atoms with Crippen LogP contribution in [0.3, 0.4) is 0 Å². The molecule has 11 heteroatoms. The van der Waals surface area contributed by atoms with Crippen molar-refractivity contribution in [3.05, 3.63) is 95.2 Å². The highest BCUT2D eigenvalue weighted by atomic mass is 16.6. The lowest BCUT2D eigenvalue weighted by atomic mass is 10.0. The molecule has 244 valence electrons. The van der Waals surface area contributed by atoms with Gasteiger partial charge in [0.1, 0.15) is 11.4 Å². The van der Waals surface area contributed by atoms with Crippen molar-refractivity contribution in [1.82, 2.24) is 29.2 Å². The minimum absolute atomic E-state index is 0.0816. The van der Waals surface area contributed by atoms with Crippen molar-refractivity contribution in [2.24, 2.45) is 7.05 Å². The minimum atomic E-state index is -0.938. The molecule has 0 radical (unpaired) electrons. The number of aromatic nitrogens is 5. The summed E-state index contributed by atoms with van der Waals surface area (Å²) in [5, 5.41) is 15.7. The first-order valence-corrected chi connectivity index (χ1v) is 15.8. The van der Waals surface area contributed by atoms with Gasteiger partial charge in [-0.3, -0.25) is 9.48 Å². The van der Waals surface area contributed by atoms with Gasteiger partial charge in [-0.2, -0.15) is 5.10 Å². The van der Waals surface area contributed by atoms with E-state index in [0.717, 1.165) is 39.0 Å². The van der Waals surface area contributed by atoms with E-state index in [1.165, 1.54) is 0 Å².